The second-order valence-electron chi connectivity index (χ2n) is 6.60. The SMILES string of the molecule is C=CC(=O)OC(CC)(C1CCCCC1)C1CCCCC1. The first kappa shape index (κ1) is 15.6. The van der Waals surface area contributed by atoms with E-state index in [1.807, 2.05) is 0 Å². The van der Waals surface area contributed by atoms with Gasteiger partial charge in [0.25, 0.3) is 0 Å². The lowest BCUT2D eigenvalue weighted by Crippen LogP contribution is -2.49. The molecule has 2 nitrogen and oxygen atoms in total. The van der Waals surface area contributed by atoms with E-state index < -0.39 is 0 Å². The minimum absolute atomic E-state index is 0.216. The van der Waals surface area contributed by atoms with Gasteiger partial charge in [0.15, 0.2) is 0 Å². The zero-order valence-corrected chi connectivity index (χ0v) is 13.0. The van der Waals surface area contributed by atoms with Gasteiger partial charge in [-0.25, -0.2) is 4.79 Å². The van der Waals surface area contributed by atoms with Crippen LogP contribution in [0.3, 0.4) is 0 Å². The second kappa shape index (κ2) is 7.28. The molecule has 0 bridgehead atoms. The molecule has 2 fully saturated rings. The highest BCUT2D eigenvalue weighted by molar-refractivity contribution is 5.81. The smallest absolute Gasteiger partial charge is 0.330 e. The third-order valence-electron chi connectivity index (χ3n) is 5.60. The van der Waals surface area contributed by atoms with Gasteiger partial charge in [-0.1, -0.05) is 52.0 Å². The van der Waals surface area contributed by atoms with Crippen LogP contribution in [0.25, 0.3) is 0 Å². The van der Waals surface area contributed by atoms with Gasteiger partial charge in [-0.05, 0) is 43.9 Å². The maximum atomic E-state index is 11.9. The molecule has 2 saturated carbocycles. The third-order valence-corrected chi connectivity index (χ3v) is 5.60. The standard InChI is InChI=1S/C18H30O2/c1-3-17(19)20-18(4-2,15-11-7-5-8-12-15)16-13-9-6-10-14-16/h3,15-16H,1,4-14H2,2H3. The van der Waals surface area contributed by atoms with Gasteiger partial charge in [-0.3, -0.25) is 0 Å². The van der Waals surface area contributed by atoms with Crippen LogP contribution in [0.2, 0.25) is 0 Å². The van der Waals surface area contributed by atoms with E-state index in [0.29, 0.717) is 11.8 Å². The quantitative estimate of drug-likeness (QED) is 0.521. The normalized spacial score (nSPS) is 22.4. The van der Waals surface area contributed by atoms with Crippen molar-refractivity contribution in [2.45, 2.75) is 83.2 Å². The predicted molar refractivity (Wildman–Crippen MR) is 82.5 cm³/mol. The zero-order valence-electron chi connectivity index (χ0n) is 13.0. The average molecular weight is 278 g/mol. The molecule has 2 aliphatic rings. The molecule has 2 rings (SSSR count). The second-order valence-corrected chi connectivity index (χ2v) is 6.60. The molecule has 20 heavy (non-hydrogen) atoms. The van der Waals surface area contributed by atoms with Gasteiger partial charge in [0, 0.05) is 6.08 Å². The van der Waals surface area contributed by atoms with Crippen LogP contribution in [-0.2, 0) is 9.53 Å². The molecule has 0 atom stereocenters. The Bertz CT molecular complexity index is 304. The molecule has 0 aromatic carbocycles. The van der Waals surface area contributed by atoms with Crippen LogP contribution >= 0.6 is 0 Å². The fraction of sp³-hybridized carbons (Fsp3) is 0.833. The van der Waals surface area contributed by atoms with Crippen LogP contribution < -0.4 is 0 Å². The highest BCUT2D eigenvalue weighted by Crippen LogP contribution is 2.47. The Labute approximate surface area is 124 Å². The lowest BCUT2D eigenvalue weighted by atomic mass is 9.65. The summed E-state index contributed by atoms with van der Waals surface area (Å²) in [5.41, 5.74) is -0.216. The van der Waals surface area contributed by atoms with Crippen molar-refractivity contribution in [1.82, 2.24) is 0 Å². The van der Waals surface area contributed by atoms with Crippen LogP contribution in [0, 0.1) is 11.8 Å². The van der Waals surface area contributed by atoms with Crippen molar-refractivity contribution < 1.29 is 9.53 Å². The first-order valence-electron chi connectivity index (χ1n) is 8.58. The number of carbonyl (C=O) groups excluding carboxylic acids is 1. The third kappa shape index (κ3) is 3.27. The summed E-state index contributed by atoms with van der Waals surface area (Å²) < 4.78 is 6.06. The van der Waals surface area contributed by atoms with Crippen LogP contribution in [0.1, 0.15) is 77.6 Å². The number of hydrogen-bond donors (Lipinski definition) is 0. The van der Waals surface area contributed by atoms with Crippen molar-refractivity contribution in [3.8, 4) is 0 Å². The van der Waals surface area contributed by atoms with Crippen molar-refractivity contribution in [2.75, 3.05) is 0 Å². The molecule has 0 aromatic heterocycles. The fourth-order valence-electron chi connectivity index (χ4n) is 4.56. The molecule has 0 amide bonds. The van der Waals surface area contributed by atoms with E-state index in [-0.39, 0.29) is 11.6 Å². The summed E-state index contributed by atoms with van der Waals surface area (Å²) in [6.45, 7) is 5.80. The van der Waals surface area contributed by atoms with Gasteiger partial charge in [0.05, 0.1) is 0 Å². The van der Waals surface area contributed by atoms with E-state index in [1.165, 1.54) is 70.3 Å². The largest absolute Gasteiger partial charge is 0.455 e. The summed E-state index contributed by atoms with van der Waals surface area (Å²) in [5.74, 6) is 0.907. The van der Waals surface area contributed by atoms with Gasteiger partial charge in [0.2, 0.25) is 0 Å². The minimum atomic E-state index is -0.219. The molecule has 0 heterocycles. The van der Waals surface area contributed by atoms with Crippen molar-refractivity contribution in [3.63, 3.8) is 0 Å². The Balaban J connectivity index is 2.22. The zero-order chi connectivity index (χ0) is 14.4. The summed E-state index contributed by atoms with van der Waals surface area (Å²) in [6, 6.07) is 0. The number of hydrogen-bond acceptors (Lipinski definition) is 2. The molecule has 0 radical (unpaired) electrons. The van der Waals surface area contributed by atoms with E-state index in [2.05, 4.69) is 13.5 Å². The van der Waals surface area contributed by atoms with Crippen molar-refractivity contribution in [3.05, 3.63) is 12.7 Å². The lowest BCUT2D eigenvalue weighted by Gasteiger charge is -2.48. The number of ether oxygens (including phenoxy) is 1. The van der Waals surface area contributed by atoms with Crippen molar-refractivity contribution in [2.24, 2.45) is 11.8 Å². The summed E-state index contributed by atoms with van der Waals surface area (Å²) in [5, 5.41) is 0. The predicted octanol–water partition coefficient (Wildman–Crippen LogP) is 5.03. The molecular weight excluding hydrogens is 248 g/mol. The van der Waals surface area contributed by atoms with Gasteiger partial charge >= 0.3 is 5.97 Å². The molecule has 0 aromatic rings. The summed E-state index contributed by atoms with van der Waals surface area (Å²) in [6.07, 6.45) is 15.1. The van der Waals surface area contributed by atoms with E-state index in [1.54, 1.807) is 0 Å². The van der Waals surface area contributed by atoms with Crippen LogP contribution in [0.5, 0.6) is 0 Å². The van der Waals surface area contributed by atoms with Crippen molar-refractivity contribution >= 4 is 5.97 Å². The lowest BCUT2D eigenvalue weighted by molar-refractivity contribution is -0.175. The van der Waals surface area contributed by atoms with E-state index in [9.17, 15) is 4.79 Å². The first-order valence-corrected chi connectivity index (χ1v) is 8.58. The van der Waals surface area contributed by atoms with Crippen molar-refractivity contribution in [1.29, 1.82) is 0 Å². The topological polar surface area (TPSA) is 26.3 Å². The van der Waals surface area contributed by atoms with Crippen LogP contribution in [-0.4, -0.2) is 11.6 Å². The maximum absolute atomic E-state index is 11.9. The maximum Gasteiger partial charge on any atom is 0.330 e. The number of carbonyl (C=O) groups is 1. The van der Waals surface area contributed by atoms with E-state index in [4.69, 9.17) is 4.74 Å². The Morgan fingerprint density at radius 2 is 1.50 bits per heavy atom. The highest BCUT2D eigenvalue weighted by atomic mass is 16.6. The first-order chi connectivity index (χ1) is 9.73. The van der Waals surface area contributed by atoms with Gasteiger partial charge in [-0.2, -0.15) is 0 Å². The summed E-state index contributed by atoms with van der Waals surface area (Å²) in [7, 11) is 0. The molecule has 2 heteroatoms. The van der Waals surface area contributed by atoms with Gasteiger partial charge in [0.1, 0.15) is 5.60 Å². The highest BCUT2D eigenvalue weighted by Gasteiger charge is 2.47. The van der Waals surface area contributed by atoms with Crippen LogP contribution in [0.4, 0.5) is 0 Å². The molecule has 0 N–H and O–H groups in total. The Kier molecular flexibility index (Phi) is 5.68. The molecule has 0 saturated heterocycles. The monoisotopic (exact) mass is 278 g/mol. The number of rotatable bonds is 5. The molecule has 114 valence electrons. The average Bonchev–Trinajstić information content (AvgIpc) is 2.54. The van der Waals surface area contributed by atoms with E-state index in [0.717, 1.165) is 6.42 Å². The minimum Gasteiger partial charge on any atom is -0.455 e. The van der Waals surface area contributed by atoms with Gasteiger partial charge in [-0.15, -0.1) is 0 Å². The fourth-order valence-corrected chi connectivity index (χ4v) is 4.56. The van der Waals surface area contributed by atoms with Crippen LogP contribution in [0.15, 0.2) is 12.7 Å². The molecule has 0 unspecified atom stereocenters. The van der Waals surface area contributed by atoms with E-state index >= 15 is 0 Å². The molecular formula is C18H30O2. The Hall–Kier alpha value is -0.790. The van der Waals surface area contributed by atoms with Gasteiger partial charge < -0.3 is 4.74 Å². The molecule has 0 aliphatic heterocycles. The Morgan fingerprint density at radius 1 is 1.05 bits per heavy atom. The Morgan fingerprint density at radius 3 is 1.85 bits per heavy atom. The molecule has 0 spiro atoms. The summed E-state index contributed by atoms with van der Waals surface area (Å²) in [4.78, 5) is 11.9. The summed E-state index contributed by atoms with van der Waals surface area (Å²) >= 11 is 0. The number of esters is 1. The molecule has 2 aliphatic carbocycles.